The number of anilines is 2. The number of methoxy groups -OCH3 is 1. The molecule has 0 spiro atoms. The smallest absolute Gasteiger partial charge is 0.172 e. The fraction of sp³-hybridized carbons (Fsp3) is 0.290. The number of hydrogen-bond donors (Lipinski definition) is 1. The van der Waals surface area contributed by atoms with Crippen molar-refractivity contribution < 1.29 is 14.2 Å². The summed E-state index contributed by atoms with van der Waals surface area (Å²) in [5.74, 6) is 1.25. The van der Waals surface area contributed by atoms with Gasteiger partial charge in [-0.1, -0.05) is 23.4 Å². The fourth-order valence-electron chi connectivity index (χ4n) is 4.93. The van der Waals surface area contributed by atoms with Crippen LogP contribution in [-0.4, -0.2) is 71.0 Å². The van der Waals surface area contributed by atoms with Crippen molar-refractivity contribution in [2.75, 3.05) is 51.9 Å². The van der Waals surface area contributed by atoms with Crippen LogP contribution in [0.25, 0.3) is 21.9 Å². The number of halogens is 1. The summed E-state index contributed by atoms with van der Waals surface area (Å²) in [4.78, 5) is 16.9. The molecule has 0 aliphatic carbocycles. The number of hydrogen-bond acceptors (Lipinski definition) is 10. The van der Waals surface area contributed by atoms with Gasteiger partial charge in [0.2, 0.25) is 0 Å². The average molecular weight is 616 g/mol. The molecule has 0 bridgehead atoms. The minimum atomic E-state index is 0.392. The molecule has 0 saturated carbocycles. The monoisotopic (exact) mass is 615 g/mol. The molecule has 1 aliphatic heterocycles. The molecule has 1 saturated heterocycles. The average Bonchev–Trinajstić information content (AvgIpc) is 3.43. The molecule has 1 N–H and O–H groups in total. The zero-order chi connectivity index (χ0) is 29.8. The Labute approximate surface area is 258 Å². The first-order valence-corrected chi connectivity index (χ1v) is 15.1. The van der Waals surface area contributed by atoms with Crippen LogP contribution < -0.4 is 14.8 Å². The van der Waals surface area contributed by atoms with Gasteiger partial charge in [0.25, 0.3) is 0 Å². The number of nitrogens with one attached hydrogen (secondary N) is 1. The second kappa shape index (κ2) is 13.1. The molecule has 3 aromatic heterocycles. The maximum atomic E-state index is 9.91. The molecule has 0 unspecified atom stereocenters. The van der Waals surface area contributed by atoms with Crippen molar-refractivity contribution >= 4 is 56.7 Å². The standard InChI is InChI=1S/C31H30ClN7O3S/c1-38-8-6-34-31(38)43-28-5-4-22(16-24(28)32)36-29-21(18-33)19-35-30-23(29)14-20-15-26(40-2)27(17-25(20)37-30)42-11-3-7-39-9-12-41-13-10-39/h4-6,8,14-17,19H,3,7,9-13H2,1-2H3,(H,35,36,37). The van der Waals surface area contributed by atoms with Crippen LogP contribution in [-0.2, 0) is 11.8 Å². The van der Waals surface area contributed by atoms with Crippen molar-refractivity contribution in [2.45, 2.75) is 16.5 Å². The third-order valence-corrected chi connectivity index (χ3v) is 8.79. The maximum absolute atomic E-state index is 9.91. The SMILES string of the molecule is COc1cc2cc3c(Nc4ccc(Sc5nccn5C)c(Cl)c4)c(C#N)cnc3nc2cc1OCCCN1CCOCC1. The number of fused-ring (bicyclic) bond motifs is 2. The highest BCUT2D eigenvalue weighted by Crippen LogP contribution is 2.38. The maximum Gasteiger partial charge on any atom is 0.172 e. The number of benzene rings is 2. The van der Waals surface area contributed by atoms with Gasteiger partial charge in [-0.2, -0.15) is 5.26 Å². The minimum absolute atomic E-state index is 0.392. The lowest BCUT2D eigenvalue weighted by Crippen LogP contribution is -2.37. The molecule has 43 heavy (non-hydrogen) atoms. The third kappa shape index (κ3) is 6.48. The normalized spacial score (nSPS) is 13.7. The predicted octanol–water partition coefficient (Wildman–Crippen LogP) is 6.05. The Morgan fingerprint density at radius 1 is 1.14 bits per heavy atom. The topological polar surface area (TPSA) is 110 Å². The Kier molecular flexibility index (Phi) is 8.81. The number of imidazole rings is 1. The zero-order valence-electron chi connectivity index (χ0n) is 23.8. The van der Waals surface area contributed by atoms with Crippen molar-refractivity contribution in [1.29, 1.82) is 5.26 Å². The Morgan fingerprint density at radius 2 is 2.00 bits per heavy atom. The van der Waals surface area contributed by atoms with Crippen LogP contribution in [0.4, 0.5) is 11.4 Å². The third-order valence-electron chi connectivity index (χ3n) is 7.21. The fourth-order valence-corrected chi connectivity index (χ4v) is 6.03. The van der Waals surface area contributed by atoms with E-state index < -0.39 is 0 Å². The summed E-state index contributed by atoms with van der Waals surface area (Å²) in [7, 11) is 3.56. The summed E-state index contributed by atoms with van der Waals surface area (Å²) in [6, 6.07) is 13.7. The van der Waals surface area contributed by atoms with Gasteiger partial charge in [-0.25, -0.2) is 15.0 Å². The highest BCUT2D eigenvalue weighted by molar-refractivity contribution is 7.99. The van der Waals surface area contributed by atoms with Crippen LogP contribution in [0.3, 0.4) is 0 Å². The summed E-state index contributed by atoms with van der Waals surface area (Å²) >= 11 is 8.13. The summed E-state index contributed by atoms with van der Waals surface area (Å²) in [6.07, 6.45) is 6.06. The van der Waals surface area contributed by atoms with Crippen molar-refractivity contribution in [3.8, 4) is 17.6 Å². The van der Waals surface area contributed by atoms with E-state index in [-0.39, 0.29) is 0 Å². The Balaban J connectivity index is 1.26. The first kappa shape index (κ1) is 29.0. The molecular formula is C31H30ClN7O3S. The number of morpholine rings is 1. The van der Waals surface area contributed by atoms with Crippen molar-refractivity contribution in [1.82, 2.24) is 24.4 Å². The molecule has 12 heteroatoms. The second-order valence-corrected chi connectivity index (χ2v) is 11.5. The van der Waals surface area contributed by atoms with Crippen LogP contribution in [0.5, 0.6) is 11.5 Å². The van der Waals surface area contributed by atoms with Crippen molar-refractivity contribution in [3.63, 3.8) is 0 Å². The minimum Gasteiger partial charge on any atom is -0.493 e. The van der Waals surface area contributed by atoms with Gasteiger partial charge in [-0.3, -0.25) is 4.90 Å². The first-order chi connectivity index (χ1) is 21.0. The number of ether oxygens (including phenoxy) is 3. The summed E-state index contributed by atoms with van der Waals surface area (Å²) in [5.41, 5.74) is 2.95. The molecular weight excluding hydrogens is 586 g/mol. The molecule has 10 nitrogen and oxygen atoms in total. The van der Waals surface area contributed by atoms with E-state index in [1.807, 2.05) is 54.2 Å². The number of nitrogens with zero attached hydrogens (tertiary/aromatic N) is 6. The lowest BCUT2D eigenvalue weighted by Gasteiger charge is -2.26. The number of rotatable bonds is 10. The molecule has 1 fully saturated rings. The van der Waals surface area contributed by atoms with Crippen LogP contribution in [0.2, 0.25) is 5.02 Å². The van der Waals surface area contributed by atoms with E-state index in [9.17, 15) is 5.26 Å². The molecule has 4 heterocycles. The van der Waals surface area contributed by atoms with Crippen LogP contribution in [0.15, 0.2) is 65.0 Å². The van der Waals surface area contributed by atoms with Gasteiger partial charge in [0.15, 0.2) is 22.3 Å². The lowest BCUT2D eigenvalue weighted by molar-refractivity contribution is 0.0357. The summed E-state index contributed by atoms with van der Waals surface area (Å²) in [6.45, 7) is 5.00. The van der Waals surface area contributed by atoms with Crippen molar-refractivity contribution in [3.05, 3.63) is 65.6 Å². The van der Waals surface area contributed by atoms with Gasteiger partial charge in [0, 0.05) is 72.7 Å². The Morgan fingerprint density at radius 3 is 2.74 bits per heavy atom. The van der Waals surface area contributed by atoms with Crippen molar-refractivity contribution in [2.24, 2.45) is 7.05 Å². The van der Waals surface area contributed by atoms with Gasteiger partial charge in [-0.05, 0) is 36.8 Å². The van der Waals surface area contributed by atoms with Crippen LogP contribution in [0.1, 0.15) is 12.0 Å². The molecule has 0 atom stereocenters. The predicted molar refractivity (Wildman–Crippen MR) is 168 cm³/mol. The molecule has 6 rings (SSSR count). The number of aryl methyl sites for hydroxylation is 1. The second-order valence-electron chi connectivity index (χ2n) is 10.1. The van der Waals surface area contributed by atoms with E-state index >= 15 is 0 Å². The quantitative estimate of drug-likeness (QED) is 0.147. The molecule has 0 radical (unpaired) electrons. The molecule has 0 amide bonds. The highest BCUT2D eigenvalue weighted by Gasteiger charge is 2.16. The molecule has 1 aliphatic rings. The number of pyridine rings is 2. The van der Waals surface area contributed by atoms with E-state index in [0.29, 0.717) is 45.4 Å². The molecule has 220 valence electrons. The van der Waals surface area contributed by atoms with Gasteiger partial charge < -0.3 is 24.1 Å². The largest absolute Gasteiger partial charge is 0.493 e. The molecule has 5 aromatic rings. The summed E-state index contributed by atoms with van der Waals surface area (Å²) in [5, 5.41) is 16.2. The first-order valence-electron chi connectivity index (χ1n) is 13.9. The Hall–Kier alpha value is -4.08. The van der Waals surface area contributed by atoms with E-state index in [1.165, 1.54) is 18.0 Å². The van der Waals surface area contributed by atoms with E-state index in [2.05, 4.69) is 26.3 Å². The van der Waals surface area contributed by atoms with Crippen LogP contribution in [0, 0.1) is 11.3 Å². The lowest BCUT2D eigenvalue weighted by atomic mass is 10.1. The zero-order valence-corrected chi connectivity index (χ0v) is 25.4. The molecule has 2 aromatic carbocycles. The van der Waals surface area contributed by atoms with E-state index in [4.69, 9.17) is 30.8 Å². The van der Waals surface area contributed by atoms with Crippen LogP contribution >= 0.6 is 23.4 Å². The summed E-state index contributed by atoms with van der Waals surface area (Å²) < 4.78 is 19.1. The van der Waals surface area contributed by atoms with E-state index in [0.717, 1.165) is 65.9 Å². The number of aromatic nitrogens is 4. The number of nitriles is 1. The van der Waals surface area contributed by atoms with E-state index in [1.54, 1.807) is 13.3 Å². The van der Waals surface area contributed by atoms with Gasteiger partial charge in [0.05, 0.1) is 48.7 Å². The van der Waals surface area contributed by atoms with Gasteiger partial charge >= 0.3 is 0 Å². The highest BCUT2D eigenvalue weighted by atomic mass is 35.5. The van der Waals surface area contributed by atoms with Gasteiger partial charge in [-0.15, -0.1) is 0 Å². The Bertz CT molecular complexity index is 1820. The van der Waals surface area contributed by atoms with Gasteiger partial charge in [0.1, 0.15) is 6.07 Å².